The van der Waals surface area contributed by atoms with Crippen molar-refractivity contribution in [2.24, 2.45) is 0 Å². The van der Waals surface area contributed by atoms with E-state index in [0.29, 0.717) is 0 Å². The highest BCUT2D eigenvalue weighted by Gasteiger charge is 2.52. The predicted molar refractivity (Wildman–Crippen MR) is 90.2 cm³/mol. The van der Waals surface area contributed by atoms with E-state index in [1.807, 2.05) is 0 Å². The van der Waals surface area contributed by atoms with Gasteiger partial charge < -0.3 is 33.5 Å². The lowest BCUT2D eigenvalue weighted by atomic mass is 9.98. The van der Waals surface area contributed by atoms with E-state index in [9.17, 15) is 24.0 Å². The first-order valence-electron chi connectivity index (χ1n) is 8.65. The molecule has 0 aliphatic carbocycles. The zero-order chi connectivity index (χ0) is 22.1. The van der Waals surface area contributed by atoms with Crippen molar-refractivity contribution < 1.29 is 57.5 Å². The molecule has 0 aromatic heterocycles. The Hall–Kier alpha value is -2.73. The van der Waals surface area contributed by atoms with Crippen LogP contribution in [0.1, 0.15) is 34.1 Å². The molecule has 29 heavy (non-hydrogen) atoms. The predicted octanol–water partition coefficient (Wildman–Crippen LogP) is -0.439. The molecule has 0 radical (unpaired) electrons. The van der Waals surface area contributed by atoms with E-state index in [1.54, 1.807) is 0 Å². The fourth-order valence-electron chi connectivity index (χ4n) is 2.59. The first-order valence-corrected chi connectivity index (χ1v) is 8.65. The van der Waals surface area contributed by atoms with Crippen molar-refractivity contribution in [2.75, 3.05) is 13.2 Å². The zero-order valence-electron chi connectivity index (χ0n) is 16.4. The fraction of sp³-hybridized carbons (Fsp3) is 0.706. The molecule has 5 atom stereocenters. The Balaban J connectivity index is 3.22. The summed E-state index contributed by atoms with van der Waals surface area (Å²) < 4.78 is 31.4. The van der Waals surface area contributed by atoms with E-state index in [4.69, 9.17) is 33.5 Å². The maximum absolute atomic E-state index is 11.6. The Bertz CT molecular complexity index is 630. The molecule has 0 amide bonds. The molecule has 12 heteroatoms. The molecule has 5 unspecified atom stereocenters. The van der Waals surface area contributed by atoms with Crippen LogP contribution in [0.4, 0.5) is 0 Å². The normalized spacial score (nSPS) is 26.1. The summed E-state index contributed by atoms with van der Waals surface area (Å²) in [6.45, 7) is 3.72. The monoisotopic (exact) mass is 420 g/mol. The van der Waals surface area contributed by atoms with Crippen LogP contribution in [0.15, 0.2) is 0 Å². The van der Waals surface area contributed by atoms with Crippen LogP contribution < -0.4 is 0 Å². The summed E-state index contributed by atoms with van der Waals surface area (Å²) in [6.07, 6.45) is -6.93. The lowest BCUT2D eigenvalue weighted by Crippen LogP contribution is -2.63. The van der Waals surface area contributed by atoms with Gasteiger partial charge in [0.1, 0.15) is 12.7 Å². The molecule has 1 N–H and O–H groups in total. The van der Waals surface area contributed by atoms with Gasteiger partial charge in [0.25, 0.3) is 0 Å². The largest absolute Gasteiger partial charge is 0.481 e. The zero-order valence-corrected chi connectivity index (χ0v) is 16.4. The van der Waals surface area contributed by atoms with E-state index in [1.165, 1.54) is 0 Å². The first kappa shape index (κ1) is 24.3. The van der Waals surface area contributed by atoms with Gasteiger partial charge in [0.15, 0.2) is 24.6 Å². The van der Waals surface area contributed by atoms with Crippen molar-refractivity contribution in [1.29, 1.82) is 0 Å². The van der Waals surface area contributed by atoms with Crippen molar-refractivity contribution in [3.8, 4) is 0 Å². The fourth-order valence-corrected chi connectivity index (χ4v) is 2.59. The standard InChI is InChI=1S/C17H24O12/c1-8(18)25-7-12-14(26-9(2)19)15(27-10(3)20)16(28-11(4)21)17(29-12)24-6-5-13(22)23/h12,14-17H,5-7H2,1-4H3,(H,22,23). The summed E-state index contributed by atoms with van der Waals surface area (Å²) in [7, 11) is 0. The number of esters is 4. The lowest BCUT2D eigenvalue weighted by molar-refractivity contribution is -0.308. The minimum absolute atomic E-state index is 0.316. The average molecular weight is 420 g/mol. The second kappa shape index (κ2) is 11.3. The summed E-state index contributed by atoms with van der Waals surface area (Å²) in [4.78, 5) is 56.6. The molecule has 0 aromatic carbocycles. The third-order valence-corrected chi connectivity index (χ3v) is 3.55. The number of carbonyl (C=O) groups excluding carboxylic acids is 4. The number of carboxylic acids is 1. The molecule has 0 saturated carbocycles. The molecular formula is C17H24O12. The van der Waals surface area contributed by atoms with Crippen molar-refractivity contribution in [2.45, 2.75) is 64.8 Å². The smallest absolute Gasteiger partial charge is 0.305 e. The number of carbonyl (C=O) groups is 5. The number of rotatable bonds is 9. The molecule has 1 aliphatic heterocycles. The first-order chi connectivity index (χ1) is 13.5. The summed E-state index contributed by atoms with van der Waals surface area (Å²) in [5, 5.41) is 8.77. The van der Waals surface area contributed by atoms with Crippen molar-refractivity contribution >= 4 is 29.8 Å². The quantitative estimate of drug-likeness (QED) is 0.379. The van der Waals surface area contributed by atoms with Crippen molar-refractivity contribution in [3.63, 3.8) is 0 Å². The van der Waals surface area contributed by atoms with Crippen LogP contribution in [0.2, 0.25) is 0 Å². The molecule has 1 rings (SSSR count). The second-order valence-corrected chi connectivity index (χ2v) is 6.08. The number of hydrogen-bond acceptors (Lipinski definition) is 11. The van der Waals surface area contributed by atoms with Gasteiger partial charge in [-0.25, -0.2) is 0 Å². The third-order valence-electron chi connectivity index (χ3n) is 3.55. The van der Waals surface area contributed by atoms with E-state index in [0.717, 1.165) is 27.7 Å². The van der Waals surface area contributed by atoms with Crippen LogP contribution >= 0.6 is 0 Å². The highest BCUT2D eigenvalue weighted by molar-refractivity contribution is 5.69. The molecule has 1 saturated heterocycles. The van der Waals surface area contributed by atoms with E-state index >= 15 is 0 Å². The van der Waals surface area contributed by atoms with Gasteiger partial charge >= 0.3 is 29.8 Å². The Morgan fingerprint density at radius 2 is 1.31 bits per heavy atom. The van der Waals surface area contributed by atoms with Gasteiger partial charge in [0, 0.05) is 27.7 Å². The number of aliphatic carboxylic acids is 1. The molecule has 1 heterocycles. The van der Waals surface area contributed by atoms with Gasteiger partial charge in [-0.3, -0.25) is 24.0 Å². The summed E-state index contributed by atoms with van der Waals surface area (Å²) in [6, 6.07) is 0. The minimum atomic E-state index is -1.38. The molecule has 0 spiro atoms. The van der Waals surface area contributed by atoms with Crippen LogP contribution in [0.3, 0.4) is 0 Å². The van der Waals surface area contributed by atoms with E-state index in [2.05, 4.69) is 0 Å². The van der Waals surface area contributed by atoms with Crippen LogP contribution in [0.5, 0.6) is 0 Å². The Morgan fingerprint density at radius 3 is 1.79 bits per heavy atom. The number of carboxylic acid groups (broad SMARTS) is 1. The van der Waals surface area contributed by atoms with Crippen molar-refractivity contribution in [1.82, 2.24) is 0 Å². The number of hydrogen-bond donors (Lipinski definition) is 1. The second-order valence-electron chi connectivity index (χ2n) is 6.08. The molecule has 12 nitrogen and oxygen atoms in total. The summed E-state index contributed by atoms with van der Waals surface area (Å²) in [5.41, 5.74) is 0. The van der Waals surface area contributed by atoms with E-state index in [-0.39, 0.29) is 13.0 Å². The number of ether oxygens (including phenoxy) is 6. The van der Waals surface area contributed by atoms with Gasteiger partial charge in [0.2, 0.25) is 0 Å². The molecule has 1 aliphatic rings. The van der Waals surface area contributed by atoms with E-state index < -0.39 is 67.2 Å². The Labute approximate surface area is 166 Å². The summed E-state index contributed by atoms with van der Waals surface area (Å²) >= 11 is 0. The SMILES string of the molecule is CC(=O)OCC1OC(OCCC(=O)O)C(OC(C)=O)C(OC(C)=O)C1OC(C)=O. The topological polar surface area (TPSA) is 161 Å². The Kier molecular flexibility index (Phi) is 9.48. The lowest BCUT2D eigenvalue weighted by Gasteiger charge is -2.44. The molecule has 164 valence electrons. The van der Waals surface area contributed by atoms with Gasteiger partial charge in [0.05, 0.1) is 13.0 Å². The highest BCUT2D eigenvalue weighted by Crippen LogP contribution is 2.30. The van der Waals surface area contributed by atoms with Gasteiger partial charge in [-0.2, -0.15) is 0 Å². The third kappa shape index (κ3) is 8.44. The highest BCUT2D eigenvalue weighted by atomic mass is 16.7. The van der Waals surface area contributed by atoms with Crippen LogP contribution in [-0.2, 0) is 52.4 Å². The van der Waals surface area contributed by atoms with Crippen LogP contribution in [0.25, 0.3) is 0 Å². The molecule has 0 aromatic rings. The average Bonchev–Trinajstić information content (AvgIpc) is 2.56. The van der Waals surface area contributed by atoms with Gasteiger partial charge in [-0.15, -0.1) is 0 Å². The van der Waals surface area contributed by atoms with Crippen LogP contribution in [0, 0.1) is 0 Å². The minimum Gasteiger partial charge on any atom is -0.481 e. The van der Waals surface area contributed by atoms with Gasteiger partial charge in [-0.1, -0.05) is 0 Å². The van der Waals surface area contributed by atoms with Crippen LogP contribution in [-0.4, -0.2) is 78.9 Å². The van der Waals surface area contributed by atoms with Crippen molar-refractivity contribution in [3.05, 3.63) is 0 Å². The van der Waals surface area contributed by atoms with Gasteiger partial charge in [-0.05, 0) is 0 Å². The maximum Gasteiger partial charge on any atom is 0.305 e. The summed E-state index contributed by atoms with van der Waals surface area (Å²) in [5.74, 6) is -4.10. The maximum atomic E-state index is 11.6. The molecule has 1 fully saturated rings. The molecule has 0 bridgehead atoms. The molecular weight excluding hydrogens is 396 g/mol. The Morgan fingerprint density at radius 1 is 0.793 bits per heavy atom.